The highest BCUT2D eigenvalue weighted by atomic mass is 79.9. The van der Waals surface area contributed by atoms with Gasteiger partial charge in [-0.1, -0.05) is 15.9 Å². The molecule has 19 heavy (non-hydrogen) atoms. The number of nitrogens with zero attached hydrogens (tertiary/aromatic N) is 1. The molecule has 5 heteroatoms. The Bertz CT molecular complexity index is 471. The predicted octanol–water partition coefficient (Wildman–Crippen LogP) is 2.79. The van der Waals surface area contributed by atoms with Crippen molar-refractivity contribution in [1.29, 1.82) is 0 Å². The monoisotopic (exact) mass is 328 g/mol. The molecule has 0 aromatic heterocycles. The lowest BCUT2D eigenvalue weighted by Gasteiger charge is -2.33. The van der Waals surface area contributed by atoms with Crippen LogP contribution in [0.3, 0.4) is 0 Å². The maximum atomic E-state index is 13.7. The van der Waals surface area contributed by atoms with Crippen LogP contribution in [0.25, 0.3) is 0 Å². The van der Waals surface area contributed by atoms with Gasteiger partial charge in [0.15, 0.2) is 0 Å². The molecule has 0 bridgehead atoms. The number of likely N-dealkylation sites (tertiary alicyclic amines) is 1. The van der Waals surface area contributed by atoms with Crippen LogP contribution in [0, 0.1) is 11.7 Å². The highest BCUT2D eigenvalue weighted by Gasteiger charge is 2.26. The molecule has 0 aliphatic carbocycles. The van der Waals surface area contributed by atoms with Gasteiger partial charge in [0.2, 0.25) is 0 Å². The Kier molecular flexibility index (Phi) is 4.58. The molecule has 2 rings (SSSR count). The molecule has 0 saturated carbocycles. The molecular formula is C14H18BrFN2O. The first-order chi connectivity index (χ1) is 8.99. The molecule has 1 amide bonds. The maximum absolute atomic E-state index is 13.7. The molecular weight excluding hydrogens is 311 g/mol. The average Bonchev–Trinajstić information content (AvgIpc) is 2.41. The Balaban J connectivity index is 2.07. The summed E-state index contributed by atoms with van der Waals surface area (Å²) in [6.45, 7) is 3.30. The fourth-order valence-corrected chi connectivity index (χ4v) is 2.82. The van der Waals surface area contributed by atoms with Crippen molar-refractivity contribution in [2.45, 2.75) is 25.8 Å². The van der Waals surface area contributed by atoms with Crippen LogP contribution < -0.4 is 5.73 Å². The highest BCUT2D eigenvalue weighted by Crippen LogP contribution is 2.23. The van der Waals surface area contributed by atoms with E-state index in [0.29, 0.717) is 23.5 Å². The number of carbonyl (C=O) groups excluding carboxylic acids is 1. The van der Waals surface area contributed by atoms with Crippen LogP contribution in [0.4, 0.5) is 4.39 Å². The second-order valence-corrected chi connectivity index (χ2v) is 6.03. The van der Waals surface area contributed by atoms with E-state index >= 15 is 0 Å². The van der Waals surface area contributed by atoms with Gasteiger partial charge in [0.05, 0.1) is 5.56 Å². The fraction of sp³-hybridized carbons (Fsp3) is 0.500. The van der Waals surface area contributed by atoms with Crippen LogP contribution in [-0.4, -0.2) is 29.9 Å². The first kappa shape index (κ1) is 14.5. The van der Waals surface area contributed by atoms with Gasteiger partial charge in [0, 0.05) is 23.6 Å². The van der Waals surface area contributed by atoms with Crippen molar-refractivity contribution in [3.8, 4) is 0 Å². The number of rotatable bonds is 2. The topological polar surface area (TPSA) is 46.3 Å². The fourth-order valence-electron chi connectivity index (χ4n) is 2.46. The van der Waals surface area contributed by atoms with Gasteiger partial charge in [-0.2, -0.15) is 0 Å². The summed E-state index contributed by atoms with van der Waals surface area (Å²) < 4.78 is 14.4. The molecule has 1 atom stereocenters. The Morgan fingerprint density at radius 3 is 2.68 bits per heavy atom. The molecule has 1 aromatic rings. The molecule has 1 aliphatic rings. The molecule has 3 nitrogen and oxygen atoms in total. The number of hydrogen-bond acceptors (Lipinski definition) is 2. The van der Waals surface area contributed by atoms with Gasteiger partial charge in [0.1, 0.15) is 5.82 Å². The minimum absolute atomic E-state index is 0.133. The average molecular weight is 329 g/mol. The lowest BCUT2D eigenvalue weighted by molar-refractivity contribution is 0.0676. The molecule has 104 valence electrons. The van der Waals surface area contributed by atoms with Crippen LogP contribution in [0.1, 0.15) is 30.1 Å². The number of hydrogen-bond donors (Lipinski definition) is 1. The third kappa shape index (κ3) is 3.34. The second kappa shape index (κ2) is 6.01. The zero-order chi connectivity index (χ0) is 14.0. The molecule has 1 aliphatic heterocycles. The number of amides is 1. The Morgan fingerprint density at radius 1 is 1.47 bits per heavy atom. The normalized spacial score (nSPS) is 18.4. The van der Waals surface area contributed by atoms with Crippen LogP contribution in [0.2, 0.25) is 0 Å². The van der Waals surface area contributed by atoms with E-state index in [9.17, 15) is 9.18 Å². The van der Waals surface area contributed by atoms with Crippen molar-refractivity contribution >= 4 is 21.8 Å². The third-order valence-corrected chi connectivity index (χ3v) is 4.22. The highest BCUT2D eigenvalue weighted by molar-refractivity contribution is 9.10. The summed E-state index contributed by atoms with van der Waals surface area (Å²) in [4.78, 5) is 14.0. The van der Waals surface area contributed by atoms with E-state index in [4.69, 9.17) is 5.73 Å². The van der Waals surface area contributed by atoms with Crippen molar-refractivity contribution in [3.63, 3.8) is 0 Å². The van der Waals surface area contributed by atoms with Gasteiger partial charge in [-0.15, -0.1) is 0 Å². The van der Waals surface area contributed by atoms with Gasteiger partial charge < -0.3 is 10.6 Å². The summed E-state index contributed by atoms with van der Waals surface area (Å²) in [5.74, 6) is -0.249. The summed E-state index contributed by atoms with van der Waals surface area (Å²) in [6, 6.07) is 4.59. The first-order valence-corrected chi connectivity index (χ1v) is 7.28. The summed E-state index contributed by atoms with van der Waals surface area (Å²) in [7, 11) is 0. The van der Waals surface area contributed by atoms with E-state index in [1.54, 1.807) is 11.0 Å². The van der Waals surface area contributed by atoms with Gasteiger partial charge in [-0.25, -0.2) is 4.39 Å². The van der Waals surface area contributed by atoms with Gasteiger partial charge in [-0.3, -0.25) is 4.79 Å². The summed E-state index contributed by atoms with van der Waals surface area (Å²) in [5.41, 5.74) is 6.01. The molecule has 1 unspecified atom stereocenters. The SMILES string of the molecule is CC(N)C1CCN(C(=O)c2cc(Br)ccc2F)CC1. The van der Waals surface area contributed by atoms with E-state index in [0.717, 1.165) is 12.8 Å². The largest absolute Gasteiger partial charge is 0.339 e. The molecule has 1 fully saturated rings. The summed E-state index contributed by atoms with van der Waals surface area (Å²) in [5, 5.41) is 0. The Morgan fingerprint density at radius 2 is 2.11 bits per heavy atom. The molecule has 2 N–H and O–H groups in total. The standard InChI is InChI=1S/C14H18BrFN2O/c1-9(17)10-4-6-18(7-5-10)14(19)12-8-11(15)2-3-13(12)16/h2-3,8-10H,4-7,17H2,1H3. The molecule has 1 aromatic carbocycles. The molecule has 0 radical (unpaired) electrons. The molecule has 1 heterocycles. The van der Waals surface area contributed by atoms with Crippen molar-refractivity contribution in [2.24, 2.45) is 11.7 Å². The predicted molar refractivity (Wildman–Crippen MR) is 76.4 cm³/mol. The van der Waals surface area contributed by atoms with E-state index in [-0.39, 0.29) is 17.5 Å². The van der Waals surface area contributed by atoms with E-state index in [1.807, 2.05) is 6.92 Å². The van der Waals surface area contributed by atoms with Crippen molar-refractivity contribution in [1.82, 2.24) is 4.90 Å². The number of halogens is 2. The number of piperidine rings is 1. The van der Waals surface area contributed by atoms with Crippen LogP contribution in [0.5, 0.6) is 0 Å². The van der Waals surface area contributed by atoms with Crippen LogP contribution >= 0.6 is 15.9 Å². The molecule has 1 saturated heterocycles. The minimum Gasteiger partial charge on any atom is -0.339 e. The summed E-state index contributed by atoms with van der Waals surface area (Å²) >= 11 is 3.26. The van der Waals surface area contributed by atoms with Crippen LogP contribution in [0.15, 0.2) is 22.7 Å². The maximum Gasteiger partial charge on any atom is 0.256 e. The smallest absolute Gasteiger partial charge is 0.256 e. The van der Waals surface area contributed by atoms with Gasteiger partial charge in [-0.05, 0) is 43.9 Å². The summed E-state index contributed by atoms with van der Waals surface area (Å²) in [6.07, 6.45) is 1.78. The Labute approximate surface area is 121 Å². The number of benzene rings is 1. The minimum atomic E-state index is -0.470. The van der Waals surface area contributed by atoms with Crippen molar-refractivity contribution < 1.29 is 9.18 Å². The second-order valence-electron chi connectivity index (χ2n) is 5.11. The van der Waals surface area contributed by atoms with Gasteiger partial charge in [0.25, 0.3) is 5.91 Å². The first-order valence-electron chi connectivity index (χ1n) is 6.49. The van der Waals surface area contributed by atoms with E-state index in [1.165, 1.54) is 12.1 Å². The molecule has 0 spiro atoms. The zero-order valence-electron chi connectivity index (χ0n) is 10.9. The lowest BCUT2D eigenvalue weighted by atomic mass is 9.90. The van der Waals surface area contributed by atoms with E-state index in [2.05, 4.69) is 15.9 Å². The lowest BCUT2D eigenvalue weighted by Crippen LogP contribution is -2.42. The third-order valence-electron chi connectivity index (χ3n) is 3.73. The van der Waals surface area contributed by atoms with E-state index < -0.39 is 5.82 Å². The van der Waals surface area contributed by atoms with Gasteiger partial charge >= 0.3 is 0 Å². The van der Waals surface area contributed by atoms with Crippen LogP contribution in [-0.2, 0) is 0 Å². The Hall–Kier alpha value is -0.940. The van der Waals surface area contributed by atoms with Crippen molar-refractivity contribution in [2.75, 3.05) is 13.1 Å². The van der Waals surface area contributed by atoms with Crippen molar-refractivity contribution in [3.05, 3.63) is 34.1 Å². The number of nitrogens with two attached hydrogens (primary N) is 1. The number of carbonyl (C=O) groups is 1. The quantitative estimate of drug-likeness (QED) is 0.907. The zero-order valence-corrected chi connectivity index (χ0v) is 12.5.